The number of benzene rings is 1. The molecular weight excluding hydrogens is 343 g/mol. The SMILES string of the molecule is CCc1cnc(CNC(=O)c2cccc(I)c2)o1. The fourth-order valence-corrected chi connectivity index (χ4v) is 2.02. The lowest BCUT2D eigenvalue weighted by Crippen LogP contribution is -2.22. The zero-order valence-corrected chi connectivity index (χ0v) is 12.1. The predicted molar refractivity (Wildman–Crippen MR) is 76.2 cm³/mol. The Balaban J connectivity index is 1.96. The number of carbonyl (C=O) groups is 1. The zero-order valence-electron chi connectivity index (χ0n) is 9.94. The van der Waals surface area contributed by atoms with Crippen LogP contribution in [0.15, 0.2) is 34.9 Å². The number of rotatable bonds is 4. The van der Waals surface area contributed by atoms with E-state index in [0.29, 0.717) is 18.0 Å². The van der Waals surface area contributed by atoms with Gasteiger partial charge in [0, 0.05) is 15.6 Å². The maximum atomic E-state index is 11.9. The highest BCUT2D eigenvalue weighted by Gasteiger charge is 2.07. The molecule has 0 saturated heterocycles. The van der Waals surface area contributed by atoms with Crippen molar-refractivity contribution in [1.29, 1.82) is 0 Å². The first kappa shape index (κ1) is 13.1. The summed E-state index contributed by atoms with van der Waals surface area (Å²) in [5, 5.41) is 2.78. The van der Waals surface area contributed by atoms with Crippen LogP contribution in [0.25, 0.3) is 0 Å². The van der Waals surface area contributed by atoms with Crippen LogP contribution in [0.1, 0.15) is 28.9 Å². The molecule has 0 spiro atoms. The minimum atomic E-state index is -0.121. The van der Waals surface area contributed by atoms with E-state index in [4.69, 9.17) is 4.42 Å². The van der Waals surface area contributed by atoms with E-state index in [-0.39, 0.29) is 5.91 Å². The lowest BCUT2D eigenvalue weighted by molar-refractivity contribution is 0.0947. The van der Waals surface area contributed by atoms with Gasteiger partial charge >= 0.3 is 0 Å². The van der Waals surface area contributed by atoms with E-state index in [0.717, 1.165) is 15.8 Å². The van der Waals surface area contributed by atoms with E-state index < -0.39 is 0 Å². The molecule has 0 aliphatic heterocycles. The molecule has 0 aliphatic rings. The maximum Gasteiger partial charge on any atom is 0.251 e. The molecule has 5 heteroatoms. The van der Waals surface area contributed by atoms with Crippen LogP contribution in [0.2, 0.25) is 0 Å². The summed E-state index contributed by atoms with van der Waals surface area (Å²) in [6.45, 7) is 2.30. The summed E-state index contributed by atoms with van der Waals surface area (Å²) in [6, 6.07) is 7.42. The highest BCUT2D eigenvalue weighted by Crippen LogP contribution is 2.08. The summed E-state index contributed by atoms with van der Waals surface area (Å²) in [6.07, 6.45) is 2.49. The number of aromatic nitrogens is 1. The fourth-order valence-electron chi connectivity index (χ4n) is 1.48. The van der Waals surface area contributed by atoms with Crippen LogP contribution in [0.4, 0.5) is 0 Å². The number of aryl methyl sites for hydroxylation is 1. The molecular formula is C13H13IN2O2. The van der Waals surface area contributed by atoms with E-state index in [2.05, 4.69) is 32.9 Å². The molecule has 1 heterocycles. The molecule has 0 radical (unpaired) electrons. The van der Waals surface area contributed by atoms with Gasteiger partial charge < -0.3 is 9.73 Å². The molecule has 0 saturated carbocycles. The normalized spacial score (nSPS) is 10.3. The van der Waals surface area contributed by atoms with Crippen molar-refractivity contribution in [3.8, 4) is 0 Å². The molecule has 0 atom stereocenters. The molecule has 1 amide bonds. The first-order chi connectivity index (χ1) is 8.69. The van der Waals surface area contributed by atoms with E-state index in [1.165, 1.54) is 0 Å². The van der Waals surface area contributed by atoms with Crippen molar-refractivity contribution in [2.75, 3.05) is 0 Å². The summed E-state index contributed by atoms with van der Waals surface area (Å²) in [7, 11) is 0. The van der Waals surface area contributed by atoms with Crippen molar-refractivity contribution in [3.05, 3.63) is 51.2 Å². The molecule has 18 heavy (non-hydrogen) atoms. The smallest absolute Gasteiger partial charge is 0.251 e. The van der Waals surface area contributed by atoms with Gasteiger partial charge in [-0.1, -0.05) is 13.0 Å². The minimum absolute atomic E-state index is 0.121. The lowest BCUT2D eigenvalue weighted by atomic mass is 10.2. The third-order valence-electron chi connectivity index (χ3n) is 2.44. The second-order valence-electron chi connectivity index (χ2n) is 3.77. The molecule has 1 aromatic carbocycles. The molecule has 2 rings (SSSR count). The van der Waals surface area contributed by atoms with Gasteiger partial charge in [-0.05, 0) is 40.8 Å². The van der Waals surface area contributed by atoms with Gasteiger partial charge in [-0.15, -0.1) is 0 Å². The third kappa shape index (κ3) is 3.32. The summed E-state index contributed by atoms with van der Waals surface area (Å²) >= 11 is 2.18. The molecule has 1 N–H and O–H groups in total. The molecule has 2 aromatic rings. The summed E-state index contributed by atoms with van der Waals surface area (Å²) < 4.78 is 6.45. The van der Waals surface area contributed by atoms with Crippen molar-refractivity contribution in [2.24, 2.45) is 0 Å². The van der Waals surface area contributed by atoms with Crippen molar-refractivity contribution in [1.82, 2.24) is 10.3 Å². The summed E-state index contributed by atoms with van der Waals surface area (Å²) in [5.41, 5.74) is 0.643. The second-order valence-corrected chi connectivity index (χ2v) is 5.01. The summed E-state index contributed by atoms with van der Waals surface area (Å²) in [5.74, 6) is 1.24. The van der Waals surface area contributed by atoms with E-state index in [1.54, 1.807) is 12.3 Å². The standard InChI is InChI=1S/C13H13IN2O2/c1-2-11-7-15-12(18-11)8-16-13(17)9-4-3-5-10(14)6-9/h3-7H,2,8H2,1H3,(H,16,17). The zero-order chi connectivity index (χ0) is 13.0. The lowest BCUT2D eigenvalue weighted by Gasteiger charge is -2.03. The van der Waals surface area contributed by atoms with Crippen LogP contribution in [-0.4, -0.2) is 10.9 Å². The number of oxazole rings is 1. The average Bonchev–Trinajstić information content (AvgIpc) is 2.84. The highest BCUT2D eigenvalue weighted by atomic mass is 127. The Bertz CT molecular complexity index is 551. The van der Waals surface area contributed by atoms with E-state index in [9.17, 15) is 4.79 Å². The van der Waals surface area contributed by atoms with Gasteiger partial charge in [-0.25, -0.2) is 4.98 Å². The monoisotopic (exact) mass is 356 g/mol. The van der Waals surface area contributed by atoms with Crippen LogP contribution in [0.3, 0.4) is 0 Å². The number of nitrogens with one attached hydrogen (secondary N) is 1. The van der Waals surface area contributed by atoms with Gasteiger partial charge in [-0.3, -0.25) is 4.79 Å². The Hall–Kier alpha value is -1.37. The third-order valence-corrected chi connectivity index (χ3v) is 3.11. The molecule has 94 valence electrons. The van der Waals surface area contributed by atoms with Crippen LogP contribution in [0.5, 0.6) is 0 Å². The quantitative estimate of drug-likeness (QED) is 0.858. The van der Waals surface area contributed by atoms with Crippen molar-refractivity contribution in [2.45, 2.75) is 19.9 Å². The number of hydrogen-bond acceptors (Lipinski definition) is 3. The van der Waals surface area contributed by atoms with Gasteiger partial charge in [0.1, 0.15) is 5.76 Å². The topological polar surface area (TPSA) is 55.1 Å². The number of hydrogen-bond donors (Lipinski definition) is 1. The highest BCUT2D eigenvalue weighted by molar-refractivity contribution is 14.1. The minimum Gasteiger partial charge on any atom is -0.444 e. The largest absolute Gasteiger partial charge is 0.444 e. The average molecular weight is 356 g/mol. The number of halogens is 1. The van der Waals surface area contributed by atoms with E-state index in [1.807, 2.05) is 25.1 Å². The van der Waals surface area contributed by atoms with Crippen LogP contribution in [-0.2, 0) is 13.0 Å². The number of amides is 1. The van der Waals surface area contributed by atoms with Gasteiger partial charge in [0.15, 0.2) is 0 Å². The van der Waals surface area contributed by atoms with Gasteiger partial charge in [0.05, 0.1) is 12.7 Å². The van der Waals surface area contributed by atoms with Gasteiger partial charge in [-0.2, -0.15) is 0 Å². The Morgan fingerprint density at radius 3 is 3.00 bits per heavy atom. The van der Waals surface area contributed by atoms with Crippen LogP contribution in [0, 0.1) is 3.57 Å². The van der Waals surface area contributed by atoms with Crippen molar-refractivity contribution < 1.29 is 9.21 Å². The predicted octanol–water partition coefficient (Wildman–Crippen LogP) is 2.77. The number of nitrogens with zero attached hydrogens (tertiary/aromatic N) is 1. The molecule has 0 fully saturated rings. The van der Waals surface area contributed by atoms with Gasteiger partial charge in [0.2, 0.25) is 5.89 Å². The maximum absolute atomic E-state index is 11.9. The Morgan fingerprint density at radius 2 is 2.33 bits per heavy atom. The Morgan fingerprint density at radius 1 is 1.50 bits per heavy atom. The molecule has 4 nitrogen and oxygen atoms in total. The number of carbonyl (C=O) groups excluding carboxylic acids is 1. The van der Waals surface area contributed by atoms with Crippen molar-refractivity contribution in [3.63, 3.8) is 0 Å². The van der Waals surface area contributed by atoms with Crippen LogP contribution >= 0.6 is 22.6 Å². The molecule has 1 aromatic heterocycles. The second kappa shape index (κ2) is 5.99. The van der Waals surface area contributed by atoms with Crippen molar-refractivity contribution >= 4 is 28.5 Å². The Kier molecular flexibility index (Phi) is 4.35. The molecule has 0 aliphatic carbocycles. The first-order valence-electron chi connectivity index (χ1n) is 5.66. The first-order valence-corrected chi connectivity index (χ1v) is 6.74. The summed E-state index contributed by atoms with van der Waals surface area (Å²) in [4.78, 5) is 16.0. The molecule has 0 unspecified atom stereocenters. The van der Waals surface area contributed by atoms with E-state index >= 15 is 0 Å². The Labute approximate surface area is 119 Å². The van der Waals surface area contributed by atoms with Crippen LogP contribution < -0.4 is 5.32 Å². The fraction of sp³-hybridized carbons (Fsp3) is 0.231. The van der Waals surface area contributed by atoms with Gasteiger partial charge in [0.25, 0.3) is 5.91 Å². The molecule has 0 bridgehead atoms.